The number of hydrogen-bond donors (Lipinski definition) is 2. The summed E-state index contributed by atoms with van der Waals surface area (Å²) in [5.41, 5.74) is 5.08. The molecule has 18 heavy (non-hydrogen) atoms. The van der Waals surface area contributed by atoms with Crippen molar-refractivity contribution in [2.45, 2.75) is 17.9 Å². The highest BCUT2D eigenvalue weighted by Crippen LogP contribution is 2.16. The second-order valence-electron chi connectivity index (χ2n) is 3.55. The number of carbonyl (C=O) groups is 1. The zero-order valence-corrected chi connectivity index (χ0v) is 10.6. The second kappa shape index (κ2) is 5.32. The van der Waals surface area contributed by atoms with Crippen molar-refractivity contribution in [3.05, 3.63) is 24.0 Å². The Bertz CT molecular complexity index is 559. The quantitative estimate of drug-likeness (QED) is 0.606. The number of methoxy groups -OCH3 is 1. The molecule has 1 aromatic carbocycles. The molecule has 0 aliphatic carbocycles. The standard InChI is InChI=1S/C10H13FN2O4S/c1-6(10(14)17-2)13-18(15,16)7-3-4-9(12)8(11)5-7/h3-6,13H,12H2,1-2H3. The Labute approximate surface area is 104 Å². The molecule has 0 bridgehead atoms. The van der Waals surface area contributed by atoms with Crippen LogP contribution in [0.15, 0.2) is 23.1 Å². The average Bonchev–Trinajstić information content (AvgIpc) is 2.30. The Morgan fingerprint density at radius 1 is 1.50 bits per heavy atom. The van der Waals surface area contributed by atoms with Crippen LogP contribution in [0.4, 0.5) is 10.1 Å². The first-order valence-corrected chi connectivity index (χ1v) is 6.41. The van der Waals surface area contributed by atoms with E-state index in [0.29, 0.717) is 0 Å². The van der Waals surface area contributed by atoms with Crippen LogP contribution in [0.3, 0.4) is 0 Å². The highest BCUT2D eigenvalue weighted by atomic mass is 32.2. The van der Waals surface area contributed by atoms with Gasteiger partial charge in [0.25, 0.3) is 0 Å². The third kappa shape index (κ3) is 3.17. The van der Waals surface area contributed by atoms with E-state index in [2.05, 4.69) is 9.46 Å². The van der Waals surface area contributed by atoms with Crippen molar-refractivity contribution in [1.29, 1.82) is 0 Å². The lowest BCUT2D eigenvalue weighted by Gasteiger charge is -2.12. The average molecular weight is 276 g/mol. The van der Waals surface area contributed by atoms with Gasteiger partial charge in [0, 0.05) is 0 Å². The van der Waals surface area contributed by atoms with E-state index in [1.54, 1.807) is 0 Å². The number of anilines is 1. The molecule has 0 aromatic heterocycles. The first kappa shape index (κ1) is 14.4. The molecule has 0 heterocycles. The molecule has 1 atom stereocenters. The SMILES string of the molecule is COC(=O)C(C)NS(=O)(=O)c1ccc(N)c(F)c1. The molecular formula is C10H13FN2O4S. The van der Waals surface area contributed by atoms with Gasteiger partial charge in [0.05, 0.1) is 17.7 Å². The van der Waals surface area contributed by atoms with Gasteiger partial charge in [-0.1, -0.05) is 0 Å². The van der Waals surface area contributed by atoms with E-state index in [4.69, 9.17) is 5.73 Å². The minimum Gasteiger partial charge on any atom is -0.468 e. The van der Waals surface area contributed by atoms with E-state index in [-0.39, 0.29) is 10.6 Å². The van der Waals surface area contributed by atoms with Crippen molar-refractivity contribution in [2.24, 2.45) is 0 Å². The number of nitrogen functional groups attached to an aromatic ring is 1. The van der Waals surface area contributed by atoms with Crippen LogP contribution < -0.4 is 10.5 Å². The third-order valence-electron chi connectivity index (χ3n) is 2.17. The number of hydrogen-bond acceptors (Lipinski definition) is 5. The summed E-state index contributed by atoms with van der Waals surface area (Å²) < 4.78 is 43.2. The smallest absolute Gasteiger partial charge is 0.323 e. The molecule has 1 rings (SSSR count). The molecular weight excluding hydrogens is 263 g/mol. The summed E-state index contributed by atoms with van der Waals surface area (Å²) in [6.45, 7) is 1.32. The fraction of sp³-hybridized carbons (Fsp3) is 0.300. The molecule has 0 fully saturated rings. The molecule has 1 unspecified atom stereocenters. The maximum Gasteiger partial charge on any atom is 0.323 e. The summed E-state index contributed by atoms with van der Waals surface area (Å²) in [5, 5.41) is 0. The molecule has 0 amide bonds. The minimum absolute atomic E-state index is 0.157. The van der Waals surface area contributed by atoms with Gasteiger partial charge in [0.2, 0.25) is 10.0 Å². The topological polar surface area (TPSA) is 98.5 Å². The van der Waals surface area contributed by atoms with Crippen molar-refractivity contribution in [3.8, 4) is 0 Å². The maximum atomic E-state index is 13.2. The van der Waals surface area contributed by atoms with Gasteiger partial charge in [-0.3, -0.25) is 4.79 Å². The molecule has 8 heteroatoms. The van der Waals surface area contributed by atoms with E-state index >= 15 is 0 Å². The highest BCUT2D eigenvalue weighted by Gasteiger charge is 2.23. The molecule has 0 radical (unpaired) electrons. The van der Waals surface area contributed by atoms with Crippen LogP contribution in [0.25, 0.3) is 0 Å². The minimum atomic E-state index is -4.00. The van der Waals surface area contributed by atoms with Crippen LogP contribution in [-0.2, 0) is 19.6 Å². The largest absolute Gasteiger partial charge is 0.468 e. The molecule has 6 nitrogen and oxygen atoms in total. The Hall–Kier alpha value is -1.67. The van der Waals surface area contributed by atoms with Gasteiger partial charge in [-0.15, -0.1) is 0 Å². The van der Waals surface area contributed by atoms with Crippen LogP contribution >= 0.6 is 0 Å². The number of halogens is 1. The van der Waals surface area contributed by atoms with Gasteiger partial charge in [-0.25, -0.2) is 12.8 Å². The van der Waals surface area contributed by atoms with E-state index in [1.165, 1.54) is 6.92 Å². The summed E-state index contributed by atoms with van der Waals surface area (Å²) in [6.07, 6.45) is 0. The maximum absolute atomic E-state index is 13.2. The first-order chi connectivity index (χ1) is 8.27. The predicted octanol–water partition coefficient (Wildman–Crippen LogP) is 0.248. The predicted molar refractivity (Wildman–Crippen MR) is 62.6 cm³/mol. The van der Waals surface area contributed by atoms with Gasteiger partial charge in [-0.05, 0) is 25.1 Å². The summed E-state index contributed by atoms with van der Waals surface area (Å²) in [6, 6.07) is 1.99. The number of esters is 1. The number of ether oxygens (including phenoxy) is 1. The van der Waals surface area contributed by atoms with Crippen molar-refractivity contribution in [2.75, 3.05) is 12.8 Å². The fourth-order valence-electron chi connectivity index (χ4n) is 1.20. The summed E-state index contributed by atoms with van der Waals surface area (Å²) in [7, 11) is -2.87. The number of sulfonamides is 1. The van der Waals surface area contributed by atoms with Gasteiger partial charge >= 0.3 is 5.97 Å². The molecule has 100 valence electrons. The van der Waals surface area contributed by atoms with Crippen LogP contribution in [0, 0.1) is 5.82 Å². The Balaban J connectivity index is 3.00. The van der Waals surface area contributed by atoms with Crippen molar-refractivity contribution in [1.82, 2.24) is 4.72 Å². The van der Waals surface area contributed by atoms with Crippen molar-refractivity contribution in [3.63, 3.8) is 0 Å². The number of nitrogens with one attached hydrogen (secondary N) is 1. The normalized spacial score (nSPS) is 13.1. The van der Waals surface area contributed by atoms with Crippen molar-refractivity contribution >= 4 is 21.7 Å². The molecule has 1 aromatic rings. The van der Waals surface area contributed by atoms with E-state index in [0.717, 1.165) is 25.3 Å². The van der Waals surface area contributed by atoms with Gasteiger partial charge in [0.15, 0.2) is 0 Å². The summed E-state index contributed by atoms with van der Waals surface area (Å²) in [5.74, 6) is -1.59. The Morgan fingerprint density at radius 2 is 2.11 bits per heavy atom. The number of rotatable bonds is 4. The molecule has 0 saturated carbocycles. The zero-order valence-electron chi connectivity index (χ0n) is 9.81. The van der Waals surface area contributed by atoms with Crippen LogP contribution in [0.1, 0.15) is 6.92 Å². The highest BCUT2D eigenvalue weighted by molar-refractivity contribution is 7.89. The third-order valence-corrected chi connectivity index (χ3v) is 3.71. The zero-order chi connectivity index (χ0) is 13.9. The lowest BCUT2D eigenvalue weighted by molar-refractivity contribution is -0.142. The van der Waals surface area contributed by atoms with E-state index in [1.807, 2.05) is 0 Å². The number of carbonyl (C=O) groups excluding carboxylic acids is 1. The Kier molecular flexibility index (Phi) is 4.25. The van der Waals surface area contributed by atoms with E-state index < -0.39 is 27.9 Å². The number of benzene rings is 1. The summed E-state index contributed by atoms with van der Waals surface area (Å²) in [4.78, 5) is 10.8. The molecule has 0 aliphatic rings. The molecule has 0 spiro atoms. The van der Waals surface area contributed by atoms with Crippen LogP contribution in [0.5, 0.6) is 0 Å². The first-order valence-electron chi connectivity index (χ1n) is 4.93. The molecule has 0 aliphatic heterocycles. The molecule has 0 saturated heterocycles. The lowest BCUT2D eigenvalue weighted by Crippen LogP contribution is -2.39. The number of nitrogens with two attached hydrogens (primary N) is 1. The monoisotopic (exact) mass is 276 g/mol. The lowest BCUT2D eigenvalue weighted by atomic mass is 10.3. The van der Waals surface area contributed by atoms with Crippen LogP contribution in [-0.4, -0.2) is 27.5 Å². The van der Waals surface area contributed by atoms with Crippen LogP contribution in [0.2, 0.25) is 0 Å². The molecule has 3 N–H and O–H groups in total. The van der Waals surface area contributed by atoms with E-state index in [9.17, 15) is 17.6 Å². The Morgan fingerprint density at radius 3 is 2.61 bits per heavy atom. The fourth-order valence-corrected chi connectivity index (χ4v) is 2.40. The van der Waals surface area contributed by atoms with Gasteiger partial charge < -0.3 is 10.5 Å². The second-order valence-corrected chi connectivity index (χ2v) is 5.26. The summed E-state index contributed by atoms with van der Waals surface area (Å²) >= 11 is 0. The van der Waals surface area contributed by atoms with Gasteiger partial charge in [0.1, 0.15) is 11.9 Å². The van der Waals surface area contributed by atoms with Gasteiger partial charge in [-0.2, -0.15) is 4.72 Å². The van der Waals surface area contributed by atoms with Crippen molar-refractivity contribution < 1.29 is 22.3 Å².